The average molecular weight is 423 g/mol. The Bertz CT molecular complexity index is 905. The number of phenolic OH excluding ortho intramolecular Hbond substituents is 1. The molecule has 0 aromatic heterocycles. The van der Waals surface area contributed by atoms with Crippen LogP contribution in [0.25, 0.3) is 0 Å². The molecule has 0 saturated heterocycles. The number of hydrogen-bond acceptors (Lipinski definition) is 4. The first-order valence-electron chi connectivity index (χ1n) is 8.77. The Balaban J connectivity index is 2.19. The van der Waals surface area contributed by atoms with Crippen LogP contribution in [0.4, 0.5) is 5.69 Å². The quantitative estimate of drug-likeness (QED) is 0.486. The maximum absolute atomic E-state index is 10.9. The topological polar surface area (TPSA) is 44.6 Å². The number of nitrogens with one attached hydrogen (secondary N) is 1. The smallest absolute Gasteiger partial charge is 0.144 e. The first kappa shape index (κ1) is 20.4. The zero-order chi connectivity index (χ0) is 20.1. The fourth-order valence-corrected chi connectivity index (χ4v) is 4.11. The van der Waals surface area contributed by atoms with Gasteiger partial charge in [-0.2, -0.15) is 0 Å². The molecule has 144 valence electrons. The van der Waals surface area contributed by atoms with Crippen molar-refractivity contribution in [2.24, 2.45) is 4.99 Å². The maximum atomic E-state index is 10.9. The third kappa shape index (κ3) is 4.08. The van der Waals surface area contributed by atoms with Crippen LogP contribution in [0.3, 0.4) is 0 Å². The van der Waals surface area contributed by atoms with Crippen LogP contribution in [0.1, 0.15) is 58.2 Å². The molecule has 0 bridgehead atoms. The van der Waals surface area contributed by atoms with Gasteiger partial charge in [-0.05, 0) is 47.0 Å². The monoisotopic (exact) mass is 422 g/mol. The molecule has 1 heterocycles. The molecule has 0 saturated carbocycles. The van der Waals surface area contributed by atoms with Gasteiger partial charge in [0.1, 0.15) is 11.6 Å². The largest absolute Gasteiger partial charge is 0.507 e. The van der Waals surface area contributed by atoms with Crippen LogP contribution in [-0.4, -0.2) is 10.9 Å². The second kappa shape index (κ2) is 6.91. The van der Waals surface area contributed by atoms with Gasteiger partial charge < -0.3 is 9.83 Å². The highest BCUT2D eigenvalue weighted by Gasteiger charge is 2.28. The Morgan fingerprint density at radius 1 is 0.889 bits per heavy atom. The van der Waals surface area contributed by atoms with Crippen molar-refractivity contribution in [3.05, 3.63) is 51.0 Å². The summed E-state index contributed by atoms with van der Waals surface area (Å²) in [5.74, 6) is 1.10. The summed E-state index contributed by atoms with van der Waals surface area (Å²) in [5, 5.41) is 11.9. The van der Waals surface area contributed by atoms with Gasteiger partial charge in [-0.3, -0.25) is 0 Å². The molecule has 1 aliphatic heterocycles. The number of aliphatic imine (C=N–C) groups is 1. The lowest BCUT2D eigenvalue weighted by atomic mass is 9.78. The minimum atomic E-state index is -0.197. The fourth-order valence-electron chi connectivity index (χ4n) is 2.97. The third-order valence-electron chi connectivity index (χ3n) is 4.49. The summed E-state index contributed by atoms with van der Waals surface area (Å²) in [7, 11) is 0. The molecule has 1 aliphatic rings. The van der Waals surface area contributed by atoms with Gasteiger partial charge in [0, 0.05) is 16.7 Å². The van der Waals surface area contributed by atoms with Crippen LogP contribution in [-0.2, 0) is 10.8 Å². The second-order valence-electron chi connectivity index (χ2n) is 8.82. The summed E-state index contributed by atoms with van der Waals surface area (Å²) in [5.41, 5.74) is 3.13. The zero-order valence-electron chi connectivity index (χ0n) is 16.4. The molecule has 2 aromatic carbocycles. The number of benzene rings is 2. The Labute approximate surface area is 175 Å². The van der Waals surface area contributed by atoms with Gasteiger partial charge in [-0.25, -0.2) is 4.99 Å². The van der Waals surface area contributed by atoms with Gasteiger partial charge in [0.15, 0.2) is 0 Å². The van der Waals surface area contributed by atoms with Crippen LogP contribution in [0.5, 0.6) is 5.75 Å². The minimum absolute atomic E-state index is 0.197. The van der Waals surface area contributed by atoms with E-state index in [9.17, 15) is 5.11 Å². The van der Waals surface area contributed by atoms with Crippen molar-refractivity contribution in [2.45, 2.75) is 57.3 Å². The molecule has 2 aromatic rings. The van der Waals surface area contributed by atoms with Crippen LogP contribution in [0.2, 0.25) is 10.0 Å². The summed E-state index contributed by atoms with van der Waals surface area (Å²) in [4.78, 5) is 5.68. The lowest BCUT2D eigenvalue weighted by Crippen LogP contribution is -2.23. The lowest BCUT2D eigenvalue weighted by Gasteiger charge is -2.29. The first-order chi connectivity index (χ1) is 12.4. The third-order valence-corrected chi connectivity index (χ3v) is 6.06. The number of halogens is 2. The maximum Gasteiger partial charge on any atom is 0.144 e. The summed E-state index contributed by atoms with van der Waals surface area (Å²) in [6.45, 7) is 12.6. The van der Waals surface area contributed by atoms with Crippen molar-refractivity contribution in [1.29, 1.82) is 0 Å². The predicted octanol–water partition coefficient (Wildman–Crippen LogP) is 6.98. The summed E-state index contributed by atoms with van der Waals surface area (Å²) in [6, 6.07) is 7.62. The van der Waals surface area contributed by atoms with Gasteiger partial charge >= 0.3 is 0 Å². The summed E-state index contributed by atoms with van der Waals surface area (Å²) >= 11 is 13.7. The number of amidine groups is 1. The molecule has 0 amide bonds. The van der Waals surface area contributed by atoms with E-state index in [1.807, 2.05) is 18.2 Å². The number of aromatic hydroxyl groups is 1. The van der Waals surface area contributed by atoms with E-state index in [4.69, 9.17) is 28.2 Å². The molecular weight excluding hydrogens is 399 g/mol. The molecule has 3 rings (SSSR count). The zero-order valence-corrected chi connectivity index (χ0v) is 18.7. The number of hydrogen-bond donors (Lipinski definition) is 2. The molecular formula is C21H24Cl2N2OS. The van der Waals surface area contributed by atoms with Crippen molar-refractivity contribution < 1.29 is 5.11 Å². The van der Waals surface area contributed by atoms with E-state index in [-0.39, 0.29) is 10.8 Å². The number of rotatable bonds is 1. The molecule has 0 aliphatic carbocycles. The van der Waals surface area contributed by atoms with Crippen LogP contribution >= 0.6 is 35.1 Å². The Kier molecular flexibility index (Phi) is 5.21. The minimum Gasteiger partial charge on any atom is -0.507 e. The highest BCUT2D eigenvalue weighted by Crippen LogP contribution is 2.42. The van der Waals surface area contributed by atoms with Crippen LogP contribution in [0.15, 0.2) is 34.2 Å². The molecule has 27 heavy (non-hydrogen) atoms. The molecule has 0 radical (unpaired) electrons. The summed E-state index contributed by atoms with van der Waals surface area (Å²) in [6.07, 6.45) is 0. The van der Waals surface area contributed by atoms with Crippen molar-refractivity contribution in [2.75, 3.05) is 0 Å². The van der Waals surface area contributed by atoms with Crippen LogP contribution in [0, 0.1) is 0 Å². The van der Waals surface area contributed by atoms with E-state index >= 15 is 0 Å². The Morgan fingerprint density at radius 3 is 1.93 bits per heavy atom. The van der Waals surface area contributed by atoms with E-state index < -0.39 is 0 Å². The molecule has 6 heteroatoms. The van der Waals surface area contributed by atoms with Crippen molar-refractivity contribution in [1.82, 2.24) is 4.72 Å². The lowest BCUT2D eigenvalue weighted by molar-refractivity contribution is 0.423. The van der Waals surface area contributed by atoms with E-state index in [0.717, 1.165) is 33.1 Å². The molecule has 2 N–H and O–H groups in total. The van der Waals surface area contributed by atoms with E-state index in [1.165, 1.54) is 11.9 Å². The Morgan fingerprint density at radius 2 is 1.41 bits per heavy atom. The first-order valence-corrected chi connectivity index (χ1v) is 10.3. The number of nitrogens with zero attached hydrogens (tertiary/aromatic N) is 1. The SMILES string of the molecule is CC(C)(C)c1cc(C2=Nc3cc(Cl)c(Cl)cc3SN2)cc(C(C)(C)C)c1O. The van der Waals surface area contributed by atoms with E-state index in [0.29, 0.717) is 15.8 Å². The van der Waals surface area contributed by atoms with E-state index in [2.05, 4.69) is 46.3 Å². The van der Waals surface area contributed by atoms with Gasteiger partial charge in [-0.15, -0.1) is 0 Å². The molecule has 3 nitrogen and oxygen atoms in total. The van der Waals surface area contributed by atoms with Gasteiger partial charge in [0.05, 0.1) is 20.6 Å². The van der Waals surface area contributed by atoms with Crippen molar-refractivity contribution in [3.8, 4) is 5.75 Å². The standard InChI is InChI=1S/C21H24Cl2N2OS/c1-20(2,3)12-7-11(8-13(18(12)26)21(4,5)6)19-24-16-9-14(22)15(23)10-17(16)27-25-19/h7-10,26H,1-6H3,(H,24,25). The van der Waals surface area contributed by atoms with Gasteiger partial charge in [0.2, 0.25) is 0 Å². The average Bonchev–Trinajstić information content (AvgIpc) is 2.53. The number of fused-ring (bicyclic) bond motifs is 1. The Hall–Kier alpha value is -1.36. The van der Waals surface area contributed by atoms with E-state index in [1.54, 1.807) is 6.07 Å². The normalized spacial score (nSPS) is 14.4. The van der Waals surface area contributed by atoms with Crippen molar-refractivity contribution in [3.63, 3.8) is 0 Å². The second-order valence-corrected chi connectivity index (χ2v) is 10.5. The summed E-state index contributed by atoms with van der Waals surface area (Å²) < 4.78 is 3.30. The molecule has 0 unspecified atom stereocenters. The van der Waals surface area contributed by atoms with Crippen molar-refractivity contribution >= 4 is 46.7 Å². The number of phenols is 1. The van der Waals surface area contributed by atoms with Gasteiger partial charge in [0.25, 0.3) is 0 Å². The highest BCUT2D eigenvalue weighted by molar-refractivity contribution is 7.98. The highest BCUT2D eigenvalue weighted by atomic mass is 35.5. The predicted molar refractivity (Wildman–Crippen MR) is 117 cm³/mol. The van der Waals surface area contributed by atoms with Gasteiger partial charge in [-0.1, -0.05) is 64.7 Å². The fraction of sp³-hybridized carbons (Fsp3) is 0.381. The van der Waals surface area contributed by atoms with Crippen LogP contribution < -0.4 is 4.72 Å². The molecule has 0 atom stereocenters. The molecule has 0 fully saturated rings. The molecule has 0 spiro atoms.